The molecule has 1 aliphatic heterocycles. The number of nitrogens with zero attached hydrogens (tertiary/aromatic N) is 4. The smallest absolute Gasteiger partial charge is 0.126 e. The minimum Gasteiger partial charge on any atom is -0.468 e. The molecule has 3 rings (SSSR count). The molecule has 2 aromatic heterocycles. The first kappa shape index (κ1) is 15.3. The van der Waals surface area contributed by atoms with Crippen LogP contribution in [0.25, 0.3) is 0 Å². The van der Waals surface area contributed by atoms with Crippen LogP contribution < -0.4 is 0 Å². The Hall–Kier alpha value is -1.59. The van der Waals surface area contributed by atoms with Crippen LogP contribution in [0.15, 0.2) is 29.0 Å². The van der Waals surface area contributed by atoms with Gasteiger partial charge in [0.2, 0.25) is 0 Å². The lowest BCUT2D eigenvalue weighted by Gasteiger charge is -2.34. The van der Waals surface area contributed by atoms with E-state index < -0.39 is 0 Å². The standard InChI is InChI=1S/C17H26N4O/c1-13(2)19(4)11-15-10-18-17-14(3)20(7-8-21(15)17)12-16-6-5-9-22-16/h5-6,9-10,13-14H,7-8,11-12H2,1-4H3/t14-/m1/s1. The minimum absolute atomic E-state index is 0.317. The lowest BCUT2D eigenvalue weighted by Crippen LogP contribution is -2.37. The van der Waals surface area contributed by atoms with Gasteiger partial charge >= 0.3 is 0 Å². The van der Waals surface area contributed by atoms with Gasteiger partial charge in [-0.25, -0.2) is 4.98 Å². The van der Waals surface area contributed by atoms with Gasteiger partial charge in [-0.1, -0.05) is 0 Å². The molecule has 1 atom stereocenters. The summed E-state index contributed by atoms with van der Waals surface area (Å²) in [5.41, 5.74) is 1.32. The van der Waals surface area contributed by atoms with Crippen molar-refractivity contribution in [1.82, 2.24) is 19.4 Å². The summed E-state index contributed by atoms with van der Waals surface area (Å²) in [6, 6.07) is 4.85. The average Bonchev–Trinajstić information content (AvgIpc) is 3.12. The summed E-state index contributed by atoms with van der Waals surface area (Å²) >= 11 is 0. The number of rotatable bonds is 5. The Kier molecular flexibility index (Phi) is 4.36. The molecule has 0 bridgehead atoms. The van der Waals surface area contributed by atoms with Gasteiger partial charge in [0.05, 0.1) is 24.5 Å². The summed E-state index contributed by atoms with van der Waals surface area (Å²) in [5.74, 6) is 2.19. The zero-order chi connectivity index (χ0) is 15.7. The second-order valence-corrected chi connectivity index (χ2v) is 6.49. The van der Waals surface area contributed by atoms with E-state index in [0.717, 1.165) is 31.9 Å². The van der Waals surface area contributed by atoms with E-state index in [2.05, 4.69) is 42.2 Å². The third kappa shape index (κ3) is 2.96. The number of hydrogen-bond donors (Lipinski definition) is 0. The van der Waals surface area contributed by atoms with E-state index in [1.807, 2.05) is 18.3 Å². The number of fused-ring (bicyclic) bond motifs is 1. The van der Waals surface area contributed by atoms with Crippen LogP contribution in [0.1, 0.15) is 44.1 Å². The third-order valence-corrected chi connectivity index (χ3v) is 4.73. The lowest BCUT2D eigenvalue weighted by molar-refractivity contribution is 0.142. The van der Waals surface area contributed by atoms with Crippen molar-refractivity contribution in [2.24, 2.45) is 0 Å². The van der Waals surface area contributed by atoms with Crippen LogP contribution in [-0.4, -0.2) is 39.0 Å². The summed E-state index contributed by atoms with van der Waals surface area (Å²) in [4.78, 5) is 9.47. The van der Waals surface area contributed by atoms with Crippen molar-refractivity contribution in [1.29, 1.82) is 0 Å². The zero-order valence-electron chi connectivity index (χ0n) is 14.0. The Labute approximate surface area is 132 Å². The Morgan fingerprint density at radius 3 is 2.91 bits per heavy atom. The number of aromatic nitrogens is 2. The van der Waals surface area contributed by atoms with Crippen LogP contribution in [0.2, 0.25) is 0 Å². The summed E-state index contributed by atoms with van der Waals surface area (Å²) < 4.78 is 7.87. The van der Waals surface area contributed by atoms with Crippen LogP contribution in [0.4, 0.5) is 0 Å². The monoisotopic (exact) mass is 302 g/mol. The van der Waals surface area contributed by atoms with E-state index in [-0.39, 0.29) is 0 Å². The SMILES string of the molecule is CC(C)N(C)Cc1cnc2n1CCN(Cc1ccco1)[C@@H]2C. The molecule has 0 N–H and O–H groups in total. The van der Waals surface area contributed by atoms with Crippen LogP contribution >= 0.6 is 0 Å². The molecule has 3 heterocycles. The maximum absolute atomic E-state index is 5.48. The molecule has 1 aliphatic rings. The van der Waals surface area contributed by atoms with Crippen LogP contribution in [-0.2, 0) is 19.6 Å². The number of hydrogen-bond acceptors (Lipinski definition) is 4. The van der Waals surface area contributed by atoms with Gasteiger partial charge in [0.15, 0.2) is 0 Å². The summed E-state index contributed by atoms with van der Waals surface area (Å²) in [7, 11) is 2.17. The molecular weight excluding hydrogens is 276 g/mol. The second-order valence-electron chi connectivity index (χ2n) is 6.49. The maximum atomic E-state index is 5.48. The highest BCUT2D eigenvalue weighted by Crippen LogP contribution is 2.27. The Balaban J connectivity index is 1.74. The van der Waals surface area contributed by atoms with Gasteiger partial charge < -0.3 is 8.98 Å². The van der Waals surface area contributed by atoms with Crippen molar-refractivity contribution in [3.63, 3.8) is 0 Å². The molecule has 0 aliphatic carbocycles. The Morgan fingerprint density at radius 2 is 2.23 bits per heavy atom. The molecule has 0 spiro atoms. The first-order chi connectivity index (χ1) is 10.6. The molecule has 0 amide bonds. The molecule has 22 heavy (non-hydrogen) atoms. The fraction of sp³-hybridized carbons (Fsp3) is 0.588. The predicted octanol–water partition coefficient (Wildman–Crippen LogP) is 2.89. The molecule has 0 unspecified atom stereocenters. The minimum atomic E-state index is 0.317. The van der Waals surface area contributed by atoms with Crippen molar-refractivity contribution < 1.29 is 4.42 Å². The van der Waals surface area contributed by atoms with Gasteiger partial charge in [0.1, 0.15) is 11.6 Å². The van der Waals surface area contributed by atoms with Crippen molar-refractivity contribution in [2.75, 3.05) is 13.6 Å². The van der Waals surface area contributed by atoms with Gasteiger partial charge in [0.25, 0.3) is 0 Å². The zero-order valence-corrected chi connectivity index (χ0v) is 14.0. The molecule has 120 valence electrons. The lowest BCUT2D eigenvalue weighted by atomic mass is 10.2. The molecule has 0 radical (unpaired) electrons. The van der Waals surface area contributed by atoms with Gasteiger partial charge in [0, 0.05) is 31.9 Å². The summed E-state index contributed by atoms with van der Waals surface area (Å²) in [5, 5.41) is 0. The van der Waals surface area contributed by atoms with Crippen LogP contribution in [0.3, 0.4) is 0 Å². The highest BCUT2D eigenvalue weighted by atomic mass is 16.3. The van der Waals surface area contributed by atoms with Crippen LogP contribution in [0, 0.1) is 0 Å². The predicted molar refractivity (Wildman–Crippen MR) is 86.4 cm³/mol. The molecule has 2 aromatic rings. The molecule has 0 saturated carbocycles. The Morgan fingerprint density at radius 1 is 1.41 bits per heavy atom. The summed E-state index contributed by atoms with van der Waals surface area (Å²) in [6.45, 7) is 10.5. The Bertz CT molecular complexity index is 602. The molecule has 0 aromatic carbocycles. The van der Waals surface area contributed by atoms with Gasteiger partial charge in [-0.3, -0.25) is 9.80 Å². The number of furan rings is 1. The summed E-state index contributed by atoms with van der Waals surface area (Å²) in [6.07, 6.45) is 3.78. The van der Waals surface area contributed by atoms with Crippen molar-refractivity contribution in [3.8, 4) is 0 Å². The average molecular weight is 302 g/mol. The quantitative estimate of drug-likeness (QED) is 0.851. The van der Waals surface area contributed by atoms with E-state index in [1.165, 1.54) is 11.5 Å². The van der Waals surface area contributed by atoms with Crippen molar-refractivity contribution in [2.45, 2.75) is 52.5 Å². The van der Waals surface area contributed by atoms with E-state index in [0.29, 0.717) is 12.1 Å². The molecule has 5 heteroatoms. The van der Waals surface area contributed by atoms with Gasteiger partial charge in [-0.2, -0.15) is 0 Å². The van der Waals surface area contributed by atoms with Gasteiger partial charge in [-0.05, 0) is 40.0 Å². The van der Waals surface area contributed by atoms with Crippen molar-refractivity contribution >= 4 is 0 Å². The van der Waals surface area contributed by atoms with E-state index in [9.17, 15) is 0 Å². The largest absolute Gasteiger partial charge is 0.468 e. The normalized spacial score (nSPS) is 19.1. The van der Waals surface area contributed by atoms with Gasteiger partial charge in [-0.15, -0.1) is 0 Å². The third-order valence-electron chi connectivity index (χ3n) is 4.73. The second kappa shape index (κ2) is 6.26. The highest BCUT2D eigenvalue weighted by molar-refractivity contribution is 5.12. The van der Waals surface area contributed by atoms with E-state index in [1.54, 1.807) is 6.26 Å². The first-order valence-electron chi connectivity index (χ1n) is 8.07. The fourth-order valence-electron chi connectivity index (χ4n) is 2.99. The number of imidazole rings is 1. The van der Waals surface area contributed by atoms with E-state index in [4.69, 9.17) is 9.40 Å². The fourth-order valence-corrected chi connectivity index (χ4v) is 2.99. The highest BCUT2D eigenvalue weighted by Gasteiger charge is 2.27. The maximum Gasteiger partial charge on any atom is 0.126 e. The topological polar surface area (TPSA) is 37.4 Å². The van der Waals surface area contributed by atoms with E-state index >= 15 is 0 Å². The molecule has 5 nitrogen and oxygen atoms in total. The van der Waals surface area contributed by atoms with Crippen molar-refractivity contribution in [3.05, 3.63) is 41.9 Å². The molecular formula is C17H26N4O. The molecule has 0 saturated heterocycles. The molecule has 0 fully saturated rings. The first-order valence-corrected chi connectivity index (χ1v) is 8.07. The van der Waals surface area contributed by atoms with Crippen LogP contribution in [0.5, 0.6) is 0 Å².